The zero-order chi connectivity index (χ0) is 28.8. The highest BCUT2D eigenvalue weighted by molar-refractivity contribution is 5.94. The van der Waals surface area contributed by atoms with Gasteiger partial charge >= 0.3 is 5.97 Å². The number of nitrogens with zero attached hydrogens (tertiary/aromatic N) is 4. The number of piperazine rings is 1. The van der Waals surface area contributed by atoms with Gasteiger partial charge in [-0.15, -0.1) is 0 Å². The summed E-state index contributed by atoms with van der Waals surface area (Å²) in [4.78, 5) is 33.6. The molecule has 1 aliphatic heterocycles. The second kappa shape index (κ2) is 13.1. The molecule has 0 radical (unpaired) electrons. The molecule has 2 aromatic carbocycles. The van der Waals surface area contributed by atoms with Crippen LogP contribution in [0.15, 0.2) is 54.6 Å². The maximum absolute atomic E-state index is 13.8. The van der Waals surface area contributed by atoms with E-state index in [4.69, 9.17) is 10.1 Å². The molecule has 1 saturated heterocycles. The van der Waals surface area contributed by atoms with Gasteiger partial charge in [0.1, 0.15) is 11.6 Å². The monoisotopic (exact) mass is 552 g/mol. The van der Waals surface area contributed by atoms with Gasteiger partial charge in [0.25, 0.3) is 5.91 Å². The lowest BCUT2D eigenvalue weighted by Gasteiger charge is -2.36. The second-order valence-corrected chi connectivity index (χ2v) is 10.5. The highest BCUT2D eigenvalue weighted by Crippen LogP contribution is 2.30. The average molecular weight is 553 g/mol. The third kappa shape index (κ3) is 7.05. The standard InChI is InChI=1S/C30H37FN4O5/c1-20(2)28-27(30(40)34-16-14-33(15-17-34)23-6-4-3-5-7-23)32-29(21-8-10-22(31)11-9-21)35(28)13-12-24(36)18-25(37)19-26(38)39/h3-11,20,24-25,36-37H,12-19H2,1-2H3,(H,38,39)/t24-,25-/m1/s1. The number of aliphatic carboxylic acids is 1. The first-order valence-corrected chi connectivity index (χ1v) is 13.7. The first-order valence-electron chi connectivity index (χ1n) is 13.7. The van der Waals surface area contributed by atoms with Crippen molar-refractivity contribution in [2.45, 2.75) is 57.8 Å². The fourth-order valence-electron chi connectivity index (χ4n) is 5.20. The largest absolute Gasteiger partial charge is 0.481 e. The third-order valence-electron chi connectivity index (χ3n) is 7.19. The topological polar surface area (TPSA) is 119 Å². The van der Waals surface area contributed by atoms with Crippen molar-refractivity contribution in [1.29, 1.82) is 0 Å². The van der Waals surface area contributed by atoms with Crippen molar-refractivity contribution >= 4 is 17.6 Å². The zero-order valence-electron chi connectivity index (χ0n) is 22.9. The van der Waals surface area contributed by atoms with Crippen molar-refractivity contribution in [3.8, 4) is 11.4 Å². The Bertz CT molecular complexity index is 1290. The van der Waals surface area contributed by atoms with Crippen LogP contribution in [0.5, 0.6) is 0 Å². The van der Waals surface area contributed by atoms with E-state index >= 15 is 0 Å². The van der Waals surface area contributed by atoms with Crippen molar-refractivity contribution in [2.24, 2.45) is 0 Å². The molecule has 2 atom stereocenters. The Morgan fingerprint density at radius 3 is 2.20 bits per heavy atom. The molecular formula is C30H37FN4O5. The van der Waals surface area contributed by atoms with E-state index < -0.39 is 24.6 Å². The molecular weight excluding hydrogens is 515 g/mol. The van der Waals surface area contributed by atoms with Gasteiger partial charge in [-0.2, -0.15) is 0 Å². The van der Waals surface area contributed by atoms with Gasteiger partial charge < -0.3 is 29.7 Å². The summed E-state index contributed by atoms with van der Waals surface area (Å²) in [5, 5.41) is 29.4. The number of hydrogen-bond acceptors (Lipinski definition) is 6. The van der Waals surface area contributed by atoms with Gasteiger partial charge in [0.15, 0.2) is 5.69 Å². The molecule has 3 N–H and O–H groups in total. The molecule has 10 heteroatoms. The van der Waals surface area contributed by atoms with Crippen molar-refractivity contribution in [3.63, 3.8) is 0 Å². The first-order chi connectivity index (χ1) is 19.1. The molecule has 0 spiro atoms. The number of aliphatic hydroxyl groups is 2. The van der Waals surface area contributed by atoms with Gasteiger partial charge in [0.05, 0.1) is 24.3 Å². The van der Waals surface area contributed by atoms with Crippen LogP contribution in [-0.2, 0) is 11.3 Å². The molecule has 214 valence electrons. The number of amides is 1. The van der Waals surface area contributed by atoms with Crippen LogP contribution in [0.25, 0.3) is 11.4 Å². The van der Waals surface area contributed by atoms with Crippen LogP contribution >= 0.6 is 0 Å². The predicted octanol–water partition coefficient (Wildman–Crippen LogP) is 3.75. The lowest BCUT2D eigenvalue weighted by atomic mass is 10.0. The Labute approximate surface area is 233 Å². The van der Waals surface area contributed by atoms with E-state index in [0.717, 1.165) is 5.69 Å². The van der Waals surface area contributed by atoms with Gasteiger partial charge in [-0.1, -0.05) is 32.0 Å². The SMILES string of the molecule is CC(C)c1c(C(=O)N2CCN(c3ccccc3)CC2)nc(-c2ccc(F)cc2)n1CC[C@@H](O)C[C@@H](O)CC(=O)O. The van der Waals surface area contributed by atoms with E-state index in [1.165, 1.54) is 12.1 Å². The number of carbonyl (C=O) groups is 2. The lowest BCUT2D eigenvalue weighted by molar-refractivity contribution is -0.139. The van der Waals surface area contributed by atoms with Crippen molar-refractivity contribution < 1.29 is 29.3 Å². The quantitative estimate of drug-likeness (QED) is 0.332. The summed E-state index contributed by atoms with van der Waals surface area (Å²) < 4.78 is 15.6. The molecule has 1 aromatic heterocycles. The molecule has 3 aromatic rings. The van der Waals surface area contributed by atoms with Gasteiger partial charge in [-0.25, -0.2) is 9.37 Å². The Balaban J connectivity index is 1.59. The normalized spacial score (nSPS) is 15.3. The smallest absolute Gasteiger partial charge is 0.305 e. The minimum absolute atomic E-state index is 0.0820. The number of rotatable bonds is 11. The summed E-state index contributed by atoms with van der Waals surface area (Å²) in [5.41, 5.74) is 2.81. The number of imidazole rings is 1. The van der Waals surface area contributed by atoms with Crippen LogP contribution in [0.4, 0.5) is 10.1 Å². The summed E-state index contributed by atoms with van der Waals surface area (Å²) in [7, 11) is 0. The molecule has 0 saturated carbocycles. The highest BCUT2D eigenvalue weighted by atomic mass is 19.1. The molecule has 0 bridgehead atoms. The van der Waals surface area contributed by atoms with E-state index in [2.05, 4.69) is 17.0 Å². The van der Waals surface area contributed by atoms with Crippen molar-refractivity contribution in [1.82, 2.24) is 14.5 Å². The van der Waals surface area contributed by atoms with E-state index in [0.29, 0.717) is 49.0 Å². The number of carbonyl (C=O) groups excluding carboxylic acids is 1. The maximum Gasteiger partial charge on any atom is 0.305 e. The number of halogens is 1. The number of benzene rings is 2. The minimum atomic E-state index is -1.16. The van der Waals surface area contributed by atoms with Gasteiger partial charge in [-0.3, -0.25) is 9.59 Å². The molecule has 1 amide bonds. The fourth-order valence-corrected chi connectivity index (χ4v) is 5.20. The van der Waals surface area contributed by atoms with Gasteiger partial charge in [0.2, 0.25) is 0 Å². The van der Waals surface area contributed by atoms with Crippen molar-refractivity contribution in [3.05, 3.63) is 71.8 Å². The van der Waals surface area contributed by atoms with Crippen LogP contribution in [0.2, 0.25) is 0 Å². The minimum Gasteiger partial charge on any atom is -0.481 e. The number of hydrogen-bond donors (Lipinski definition) is 3. The first kappa shape index (κ1) is 29.2. The molecule has 9 nitrogen and oxygen atoms in total. The average Bonchev–Trinajstić information content (AvgIpc) is 3.32. The second-order valence-electron chi connectivity index (χ2n) is 10.5. The van der Waals surface area contributed by atoms with Crippen LogP contribution < -0.4 is 4.90 Å². The molecule has 0 aliphatic carbocycles. The molecule has 1 aliphatic rings. The van der Waals surface area contributed by atoms with Crippen molar-refractivity contribution in [2.75, 3.05) is 31.1 Å². The van der Waals surface area contributed by atoms with E-state index in [9.17, 15) is 24.2 Å². The van der Waals surface area contributed by atoms with Crippen LogP contribution in [0, 0.1) is 5.82 Å². The Morgan fingerprint density at radius 2 is 1.60 bits per heavy atom. The fraction of sp³-hybridized carbons (Fsp3) is 0.433. The zero-order valence-corrected chi connectivity index (χ0v) is 22.9. The summed E-state index contributed by atoms with van der Waals surface area (Å²) in [6, 6.07) is 16.0. The Hall–Kier alpha value is -3.76. The molecule has 0 unspecified atom stereocenters. The number of carboxylic acid groups (broad SMARTS) is 1. The van der Waals surface area contributed by atoms with E-state index in [1.54, 1.807) is 12.1 Å². The molecule has 2 heterocycles. The number of anilines is 1. The Kier molecular flexibility index (Phi) is 9.54. The number of para-hydroxylation sites is 1. The number of aromatic nitrogens is 2. The lowest BCUT2D eigenvalue weighted by Crippen LogP contribution is -2.49. The van der Waals surface area contributed by atoms with Crippen LogP contribution in [0.1, 0.15) is 55.2 Å². The van der Waals surface area contributed by atoms with Crippen LogP contribution in [0.3, 0.4) is 0 Å². The summed E-state index contributed by atoms with van der Waals surface area (Å²) in [5.74, 6) is -1.28. The van der Waals surface area contributed by atoms with E-state index in [1.807, 2.05) is 41.5 Å². The van der Waals surface area contributed by atoms with Gasteiger partial charge in [-0.05, 0) is 55.2 Å². The number of aliphatic hydroxyl groups excluding tert-OH is 2. The summed E-state index contributed by atoms with van der Waals surface area (Å²) in [6.45, 7) is 6.71. The molecule has 40 heavy (non-hydrogen) atoms. The van der Waals surface area contributed by atoms with Gasteiger partial charge in [0, 0.05) is 44.0 Å². The maximum atomic E-state index is 13.8. The predicted molar refractivity (Wildman–Crippen MR) is 150 cm³/mol. The molecule has 1 fully saturated rings. The number of carboxylic acids is 1. The third-order valence-corrected chi connectivity index (χ3v) is 7.19. The Morgan fingerprint density at radius 1 is 0.950 bits per heavy atom. The summed E-state index contributed by atoms with van der Waals surface area (Å²) >= 11 is 0. The summed E-state index contributed by atoms with van der Waals surface area (Å²) in [6.07, 6.45) is -2.44. The van der Waals surface area contributed by atoms with E-state index in [-0.39, 0.29) is 37.0 Å². The molecule has 4 rings (SSSR count). The van der Waals surface area contributed by atoms with Crippen LogP contribution in [-0.4, -0.2) is 80.0 Å². The highest BCUT2D eigenvalue weighted by Gasteiger charge is 2.30.